The standard InChI is InChI=1S/C13H26N2O2S/c1-15(2)13(7-3-4-8-13)11-14-12-6-5-9-18(16,17)10-12/h12,14H,3-11H2,1-2H3. The molecular weight excluding hydrogens is 248 g/mol. The zero-order valence-electron chi connectivity index (χ0n) is 11.6. The van der Waals surface area contributed by atoms with E-state index in [1.165, 1.54) is 25.7 Å². The monoisotopic (exact) mass is 274 g/mol. The summed E-state index contributed by atoms with van der Waals surface area (Å²) in [5, 5.41) is 3.52. The molecule has 1 saturated heterocycles. The van der Waals surface area contributed by atoms with E-state index in [0.29, 0.717) is 11.5 Å². The van der Waals surface area contributed by atoms with Crippen molar-refractivity contribution in [1.82, 2.24) is 10.2 Å². The van der Waals surface area contributed by atoms with Gasteiger partial charge in [-0.05, 0) is 39.8 Å². The van der Waals surface area contributed by atoms with Crippen LogP contribution < -0.4 is 5.32 Å². The molecule has 1 unspecified atom stereocenters. The molecule has 1 N–H and O–H groups in total. The summed E-state index contributed by atoms with van der Waals surface area (Å²) >= 11 is 0. The van der Waals surface area contributed by atoms with Gasteiger partial charge in [0.05, 0.1) is 11.5 Å². The third-order valence-corrected chi connectivity index (χ3v) is 6.49. The Morgan fingerprint density at radius 1 is 1.22 bits per heavy atom. The topological polar surface area (TPSA) is 49.4 Å². The van der Waals surface area contributed by atoms with Crippen LogP contribution in [0.4, 0.5) is 0 Å². The molecule has 0 bridgehead atoms. The number of hydrogen-bond donors (Lipinski definition) is 1. The van der Waals surface area contributed by atoms with Gasteiger partial charge < -0.3 is 10.2 Å². The second-order valence-electron chi connectivity index (χ2n) is 6.16. The molecule has 1 heterocycles. The fourth-order valence-corrected chi connectivity index (χ4v) is 5.00. The van der Waals surface area contributed by atoms with E-state index in [1.807, 2.05) is 0 Å². The van der Waals surface area contributed by atoms with Crippen molar-refractivity contribution in [1.29, 1.82) is 0 Å². The maximum absolute atomic E-state index is 11.6. The van der Waals surface area contributed by atoms with Gasteiger partial charge in [-0.3, -0.25) is 0 Å². The molecular formula is C13H26N2O2S. The van der Waals surface area contributed by atoms with Crippen molar-refractivity contribution >= 4 is 9.84 Å². The molecule has 1 aliphatic heterocycles. The van der Waals surface area contributed by atoms with Gasteiger partial charge in [-0.15, -0.1) is 0 Å². The first-order chi connectivity index (χ1) is 8.44. The predicted octanol–water partition coefficient (Wildman–Crippen LogP) is 1.03. The molecule has 1 aliphatic carbocycles. The summed E-state index contributed by atoms with van der Waals surface area (Å²) in [5.41, 5.74) is 0.251. The summed E-state index contributed by atoms with van der Waals surface area (Å²) in [7, 11) is 1.49. The van der Waals surface area contributed by atoms with E-state index >= 15 is 0 Å². The maximum Gasteiger partial charge on any atom is 0.151 e. The van der Waals surface area contributed by atoms with Gasteiger partial charge in [0.25, 0.3) is 0 Å². The highest BCUT2D eigenvalue weighted by atomic mass is 32.2. The zero-order valence-corrected chi connectivity index (χ0v) is 12.4. The van der Waals surface area contributed by atoms with Gasteiger partial charge in [0.15, 0.2) is 9.84 Å². The fourth-order valence-electron chi connectivity index (χ4n) is 3.33. The third-order valence-electron chi connectivity index (χ3n) is 4.67. The van der Waals surface area contributed by atoms with Gasteiger partial charge in [0.1, 0.15) is 0 Å². The first-order valence-electron chi connectivity index (χ1n) is 7.05. The Kier molecular flexibility index (Phi) is 4.34. The molecule has 4 nitrogen and oxygen atoms in total. The molecule has 106 valence electrons. The van der Waals surface area contributed by atoms with Crippen LogP contribution in [-0.4, -0.2) is 57.0 Å². The van der Waals surface area contributed by atoms with E-state index in [9.17, 15) is 8.42 Å². The van der Waals surface area contributed by atoms with Gasteiger partial charge in [0.2, 0.25) is 0 Å². The van der Waals surface area contributed by atoms with Crippen molar-refractivity contribution in [3.8, 4) is 0 Å². The zero-order chi connectivity index (χ0) is 13.2. The van der Waals surface area contributed by atoms with Crippen LogP contribution in [-0.2, 0) is 9.84 Å². The van der Waals surface area contributed by atoms with E-state index in [0.717, 1.165) is 19.4 Å². The average molecular weight is 274 g/mol. The lowest BCUT2D eigenvalue weighted by Crippen LogP contribution is -2.53. The van der Waals surface area contributed by atoms with Gasteiger partial charge in [-0.2, -0.15) is 0 Å². The molecule has 0 aromatic carbocycles. The van der Waals surface area contributed by atoms with E-state index < -0.39 is 9.84 Å². The number of hydrogen-bond acceptors (Lipinski definition) is 4. The molecule has 2 fully saturated rings. The number of nitrogens with one attached hydrogen (secondary N) is 1. The molecule has 5 heteroatoms. The largest absolute Gasteiger partial charge is 0.311 e. The third kappa shape index (κ3) is 3.25. The Morgan fingerprint density at radius 2 is 1.89 bits per heavy atom. The van der Waals surface area contributed by atoms with E-state index in [-0.39, 0.29) is 11.6 Å². The van der Waals surface area contributed by atoms with Gasteiger partial charge >= 0.3 is 0 Å². The predicted molar refractivity (Wildman–Crippen MR) is 74.6 cm³/mol. The lowest BCUT2D eigenvalue weighted by Gasteiger charge is -2.38. The lowest BCUT2D eigenvalue weighted by molar-refractivity contribution is 0.149. The summed E-state index contributed by atoms with van der Waals surface area (Å²) in [6, 6.07) is 0.168. The van der Waals surface area contributed by atoms with E-state index in [1.54, 1.807) is 0 Å². The molecule has 2 rings (SSSR count). The SMILES string of the molecule is CN(C)C1(CNC2CCCS(=O)(=O)C2)CCCC1. The minimum Gasteiger partial charge on any atom is -0.311 e. The lowest BCUT2D eigenvalue weighted by atomic mass is 9.95. The first-order valence-corrected chi connectivity index (χ1v) is 8.87. The molecule has 18 heavy (non-hydrogen) atoms. The van der Waals surface area contributed by atoms with Crippen LogP contribution in [0.15, 0.2) is 0 Å². The van der Waals surface area contributed by atoms with Crippen molar-refractivity contribution in [3.05, 3.63) is 0 Å². The summed E-state index contributed by atoms with van der Waals surface area (Å²) in [5.74, 6) is 0.709. The Balaban J connectivity index is 1.90. The van der Waals surface area contributed by atoms with Crippen LogP contribution in [0.25, 0.3) is 0 Å². The van der Waals surface area contributed by atoms with Gasteiger partial charge in [-0.1, -0.05) is 12.8 Å². The number of sulfone groups is 1. The molecule has 0 aromatic rings. The molecule has 2 aliphatic rings. The molecule has 1 saturated carbocycles. The molecule has 0 amide bonds. The van der Waals surface area contributed by atoms with Crippen molar-refractivity contribution in [3.63, 3.8) is 0 Å². The van der Waals surface area contributed by atoms with Crippen LogP contribution in [0.3, 0.4) is 0 Å². The second kappa shape index (κ2) is 5.47. The number of likely N-dealkylation sites (N-methyl/N-ethyl adjacent to an activating group) is 1. The Morgan fingerprint density at radius 3 is 2.44 bits per heavy atom. The smallest absolute Gasteiger partial charge is 0.151 e. The normalized spacial score (nSPS) is 30.7. The van der Waals surface area contributed by atoms with Gasteiger partial charge in [-0.25, -0.2) is 8.42 Å². The highest BCUT2D eigenvalue weighted by molar-refractivity contribution is 7.91. The highest BCUT2D eigenvalue weighted by Gasteiger charge is 2.36. The number of rotatable bonds is 4. The Labute approximate surface area is 111 Å². The van der Waals surface area contributed by atoms with Crippen molar-refractivity contribution in [2.75, 3.05) is 32.1 Å². The number of nitrogens with zero attached hydrogens (tertiary/aromatic N) is 1. The van der Waals surface area contributed by atoms with Crippen molar-refractivity contribution in [2.24, 2.45) is 0 Å². The van der Waals surface area contributed by atoms with Crippen LogP contribution in [0.1, 0.15) is 38.5 Å². The fraction of sp³-hybridized carbons (Fsp3) is 1.00. The summed E-state index contributed by atoms with van der Waals surface area (Å²) in [6.45, 7) is 0.931. The summed E-state index contributed by atoms with van der Waals surface area (Å²) in [4.78, 5) is 2.32. The average Bonchev–Trinajstić information content (AvgIpc) is 2.75. The van der Waals surface area contributed by atoms with Crippen molar-refractivity contribution in [2.45, 2.75) is 50.1 Å². The van der Waals surface area contributed by atoms with Gasteiger partial charge in [0, 0.05) is 18.1 Å². The van der Waals surface area contributed by atoms with E-state index in [4.69, 9.17) is 0 Å². The molecule has 1 atom stereocenters. The van der Waals surface area contributed by atoms with E-state index in [2.05, 4.69) is 24.3 Å². The maximum atomic E-state index is 11.6. The quantitative estimate of drug-likeness (QED) is 0.832. The Bertz CT molecular complexity index is 372. The molecule has 0 radical (unpaired) electrons. The summed E-state index contributed by atoms with van der Waals surface area (Å²) < 4.78 is 23.2. The van der Waals surface area contributed by atoms with Crippen LogP contribution in [0.5, 0.6) is 0 Å². The second-order valence-corrected chi connectivity index (χ2v) is 8.39. The minimum absolute atomic E-state index is 0.168. The minimum atomic E-state index is -2.79. The Hall–Kier alpha value is -0.130. The van der Waals surface area contributed by atoms with Crippen molar-refractivity contribution < 1.29 is 8.42 Å². The summed E-state index contributed by atoms with van der Waals surface area (Å²) in [6.07, 6.45) is 6.86. The van der Waals surface area contributed by atoms with Crippen LogP contribution in [0.2, 0.25) is 0 Å². The van der Waals surface area contributed by atoms with Crippen LogP contribution >= 0.6 is 0 Å². The molecule has 0 aromatic heterocycles. The first kappa shape index (κ1) is 14.3. The van der Waals surface area contributed by atoms with Crippen LogP contribution in [0, 0.1) is 0 Å². The highest BCUT2D eigenvalue weighted by Crippen LogP contribution is 2.33. The molecule has 0 spiro atoms.